The van der Waals surface area contributed by atoms with Crippen LogP contribution in [0.4, 0.5) is 5.69 Å². The molecule has 2 rings (SSSR count). The standard InChI is InChI=1S/C12H9N3/c13-7-9-3-4-11(14)6-12(9)10-2-1-5-15-8-10/h1-6,8H,14H2. The van der Waals surface area contributed by atoms with Crippen LogP contribution in [0.2, 0.25) is 0 Å². The van der Waals surface area contributed by atoms with Gasteiger partial charge in [-0.3, -0.25) is 4.98 Å². The molecule has 0 saturated carbocycles. The maximum atomic E-state index is 8.96. The zero-order chi connectivity index (χ0) is 10.7. The van der Waals surface area contributed by atoms with Gasteiger partial charge in [0.1, 0.15) is 0 Å². The fraction of sp³-hybridized carbons (Fsp3) is 0. The average molecular weight is 195 g/mol. The third-order valence-corrected chi connectivity index (χ3v) is 2.14. The van der Waals surface area contributed by atoms with Crippen molar-refractivity contribution in [3.8, 4) is 17.2 Å². The third kappa shape index (κ3) is 1.79. The predicted molar refractivity (Wildman–Crippen MR) is 58.8 cm³/mol. The van der Waals surface area contributed by atoms with Crippen LogP contribution in [0.1, 0.15) is 5.56 Å². The number of benzene rings is 1. The lowest BCUT2D eigenvalue weighted by atomic mass is 10.0. The van der Waals surface area contributed by atoms with Gasteiger partial charge < -0.3 is 5.73 Å². The first-order valence-corrected chi connectivity index (χ1v) is 4.51. The normalized spacial score (nSPS) is 9.53. The van der Waals surface area contributed by atoms with Crippen molar-refractivity contribution in [1.82, 2.24) is 4.98 Å². The van der Waals surface area contributed by atoms with Gasteiger partial charge in [-0.2, -0.15) is 5.26 Å². The van der Waals surface area contributed by atoms with Gasteiger partial charge in [-0.05, 0) is 24.3 Å². The van der Waals surface area contributed by atoms with Crippen molar-refractivity contribution in [3.63, 3.8) is 0 Å². The molecule has 0 aliphatic heterocycles. The molecule has 0 aliphatic carbocycles. The van der Waals surface area contributed by atoms with Crippen LogP contribution in [-0.4, -0.2) is 4.98 Å². The van der Waals surface area contributed by atoms with Crippen LogP contribution in [0.25, 0.3) is 11.1 Å². The van der Waals surface area contributed by atoms with E-state index >= 15 is 0 Å². The lowest BCUT2D eigenvalue weighted by Gasteiger charge is -2.04. The molecule has 1 aromatic carbocycles. The van der Waals surface area contributed by atoms with Gasteiger partial charge in [0.25, 0.3) is 0 Å². The van der Waals surface area contributed by atoms with E-state index in [1.165, 1.54) is 0 Å². The van der Waals surface area contributed by atoms with Gasteiger partial charge in [-0.25, -0.2) is 0 Å². The minimum Gasteiger partial charge on any atom is -0.399 e. The van der Waals surface area contributed by atoms with E-state index < -0.39 is 0 Å². The first-order chi connectivity index (χ1) is 7.31. The number of pyridine rings is 1. The molecule has 0 aliphatic rings. The Labute approximate surface area is 87.8 Å². The van der Waals surface area contributed by atoms with E-state index in [2.05, 4.69) is 11.1 Å². The summed E-state index contributed by atoms with van der Waals surface area (Å²) in [5, 5.41) is 8.96. The Morgan fingerprint density at radius 1 is 1.27 bits per heavy atom. The molecule has 1 aromatic heterocycles. The van der Waals surface area contributed by atoms with Crippen molar-refractivity contribution in [2.75, 3.05) is 5.73 Å². The molecule has 1 heterocycles. The Balaban J connectivity index is 2.62. The van der Waals surface area contributed by atoms with Gasteiger partial charge in [-0.1, -0.05) is 6.07 Å². The summed E-state index contributed by atoms with van der Waals surface area (Å²) in [5.74, 6) is 0. The summed E-state index contributed by atoms with van der Waals surface area (Å²) in [5.41, 5.74) is 8.67. The largest absolute Gasteiger partial charge is 0.399 e. The number of hydrogen-bond donors (Lipinski definition) is 1. The quantitative estimate of drug-likeness (QED) is 0.709. The fourth-order valence-corrected chi connectivity index (χ4v) is 1.42. The maximum absolute atomic E-state index is 8.96. The first kappa shape index (κ1) is 9.22. The van der Waals surface area contributed by atoms with Crippen molar-refractivity contribution in [3.05, 3.63) is 48.3 Å². The number of aromatic nitrogens is 1. The highest BCUT2D eigenvalue weighted by Gasteiger charge is 2.04. The molecule has 0 fully saturated rings. The summed E-state index contributed by atoms with van der Waals surface area (Å²) < 4.78 is 0. The van der Waals surface area contributed by atoms with Crippen LogP contribution < -0.4 is 5.73 Å². The lowest BCUT2D eigenvalue weighted by Crippen LogP contribution is -1.89. The Hall–Kier alpha value is -2.34. The van der Waals surface area contributed by atoms with Crippen LogP contribution >= 0.6 is 0 Å². The summed E-state index contributed by atoms with van der Waals surface area (Å²) in [4.78, 5) is 4.02. The monoisotopic (exact) mass is 195 g/mol. The molecule has 3 nitrogen and oxygen atoms in total. The summed E-state index contributed by atoms with van der Waals surface area (Å²) >= 11 is 0. The summed E-state index contributed by atoms with van der Waals surface area (Å²) in [7, 11) is 0. The SMILES string of the molecule is N#Cc1ccc(N)cc1-c1cccnc1. The molecule has 72 valence electrons. The lowest BCUT2D eigenvalue weighted by molar-refractivity contribution is 1.33. The minimum absolute atomic E-state index is 0.609. The smallest absolute Gasteiger partial charge is 0.0998 e. The van der Waals surface area contributed by atoms with E-state index in [1.54, 1.807) is 30.6 Å². The van der Waals surface area contributed by atoms with Gasteiger partial charge in [0.2, 0.25) is 0 Å². The Kier molecular flexibility index (Phi) is 2.34. The molecular formula is C12H9N3. The number of rotatable bonds is 1. The van der Waals surface area contributed by atoms with E-state index in [9.17, 15) is 0 Å². The topological polar surface area (TPSA) is 62.7 Å². The van der Waals surface area contributed by atoms with Gasteiger partial charge in [0, 0.05) is 29.2 Å². The zero-order valence-corrected chi connectivity index (χ0v) is 8.01. The maximum Gasteiger partial charge on any atom is 0.0998 e. The highest BCUT2D eigenvalue weighted by Crippen LogP contribution is 2.24. The predicted octanol–water partition coefficient (Wildman–Crippen LogP) is 2.20. The van der Waals surface area contributed by atoms with Crippen molar-refractivity contribution >= 4 is 5.69 Å². The van der Waals surface area contributed by atoms with E-state index in [-0.39, 0.29) is 0 Å². The number of nitriles is 1. The average Bonchev–Trinajstić information content (AvgIpc) is 2.30. The van der Waals surface area contributed by atoms with Crippen LogP contribution in [0.5, 0.6) is 0 Å². The second-order valence-electron chi connectivity index (χ2n) is 3.16. The highest BCUT2D eigenvalue weighted by molar-refractivity contribution is 5.73. The van der Waals surface area contributed by atoms with Crippen molar-refractivity contribution in [2.24, 2.45) is 0 Å². The summed E-state index contributed by atoms with van der Waals surface area (Å²) in [6.07, 6.45) is 3.41. The zero-order valence-electron chi connectivity index (χ0n) is 8.01. The second-order valence-corrected chi connectivity index (χ2v) is 3.16. The van der Waals surface area contributed by atoms with E-state index in [4.69, 9.17) is 11.0 Å². The molecule has 0 bridgehead atoms. The summed E-state index contributed by atoms with van der Waals surface area (Å²) in [6.45, 7) is 0. The van der Waals surface area contributed by atoms with E-state index in [0.717, 1.165) is 11.1 Å². The van der Waals surface area contributed by atoms with Crippen molar-refractivity contribution in [2.45, 2.75) is 0 Å². The Morgan fingerprint density at radius 3 is 2.80 bits per heavy atom. The molecule has 0 saturated heterocycles. The number of nitrogens with zero attached hydrogens (tertiary/aromatic N) is 2. The van der Waals surface area contributed by atoms with Gasteiger partial charge in [0.15, 0.2) is 0 Å². The van der Waals surface area contributed by atoms with Crippen molar-refractivity contribution in [1.29, 1.82) is 5.26 Å². The molecule has 2 N–H and O–H groups in total. The fourth-order valence-electron chi connectivity index (χ4n) is 1.42. The molecule has 0 spiro atoms. The van der Waals surface area contributed by atoms with E-state index in [1.807, 2.05) is 12.1 Å². The van der Waals surface area contributed by atoms with Crippen LogP contribution in [0.15, 0.2) is 42.7 Å². The number of hydrogen-bond acceptors (Lipinski definition) is 3. The Morgan fingerprint density at radius 2 is 2.13 bits per heavy atom. The van der Waals surface area contributed by atoms with Crippen molar-refractivity contribution < 1.29 is 0 Å². The molecule has 3 heteroatoms. The van der Waals surface area contributed by atoms with Crippen LogP contribution in [0.3, 0.4) is 0 Å². The molecular weight excluding hydrogens is 186 g/mol. The molecule has 0 radical (unpaired) electrons. The van der Waals surface area contributed by atoms with Gasteiger partial charge >= 0.3 is 0 Å². The third-order valence-electron chi connectivity index (χ3n) is 2.14. The molecule has 15 heavy (non-hydrogen) atoms. The molecule has 0 amide bonds. The van der Waals surface area contributed by atoms with E-state index in [0.29, 0.717) is 11.3 Å². The van der Waals surface area contributed by atoms with Crippen LogP contribution in [-0.2, 0) is 0 Å². The number of nitrogen functional groups attached to an aromatic ring is 1. The summed E-state index contributed by atoms with van der Waals surface area (Å²) in [6, 6.07) is 11.1. The number of nitrogens with two attached hydrogens (primary N) is 1. The van der Waals surface area contributed by atoms with Gasteiger partial charge in [-0.15, -0.1) is 0 Å². The first-order valence-electron chi connectivity index (χ1n) is 4.51. The van der Waals surface area contributed by atoms with Crippen LogP contribution in [0, 0.1) is 11.3 Å². The molecule has 0 unspecified atom stereocenters. The second kappa shape index (κ2) is 3.81. The Bertz CT molecular complexity index is 512. The minimum atomic E-state index is 0.609. The molecule has 0 atom stereocenters. The van der Waals surface area contributed by atoms with Gasteiger partial charge in [0.05, 0.1) is 11.6 Å². The number of anilines is 1. The highest BCUT2D eigenvalue weighted by atomic mass is 14.6. The molecule has 2 aromatic rings.